The van der Waals surface area contributed by atoms with E-state index in [-0.39, 0.29) is 0 Å². The van der Waals surface area contributed by atoms with Crippen molar-refractivity contribution in [3.05, 3.63) is 11.5 Å². The number of hydrogen-bond acceptors (Lipinski definition) is 0. The standard InChI is InChI=1S/C6H11B/c1-2-6(7)5-3-4-5/h2,5H,3-4,7H2,1H3/b6-2-. The lowest BCUT2D eigenvalue weighted by atomic mass is 9.91. The number of allylic oxidation sites excluding steroid dienone is 2. The third kappa shape index (κ3) is 1.08. The van der Waals surface area contributed by atoms with E-state index in [2.05, 4.69) is 20.8 Å². The maximum absolute atomic E-state index is 2.22. The number of hydrogen-bond donors (Lipinski definition) is 0. The molecule has 38 valence electrons. The van der Waals surface area contributed by atoms with Crippen LogP contribution in [0.5, 0.6) is 0 Å². The van der Waals surface area contributed by atoms with Gasteiger partial charge in [-0.15, -0.1) is 5.47 Å². The summed E-state index contributed by atoms with van der Waals surface area (Å²) in [5.74, 6) is 0.977. The molecule has 0 spiro atoms. The second kappa shape index (κ2) is 1.73. The molecule has 0 aromatic heterocycles. The van der Waals surface area contributed by atoms with Crippen LogP contribution in [0.25, 0.3) is 0 Å². The molecule has 0 aromatic rings. The zero-order valence-electron chi connectivity index (χ0n) is 5.07. The highest BCUT2D eigenvalue weighted by atomic mass is 14.2. The van der Waals surface area contributed by atoms with E-state index >= 15 is 0 Å². The minimum absolute atomic E-state index is 0.977. The summed E-state index contributed by atoms with van der Waals surface area (Å²) in [7, 11) is 2.22. The van der Waals surface area contributed by atoms with E-state index in [0.29, 0.717) is 0 Å². The van der Waals surface area contributed by atoms with Crippen LogP contribution in [0.3, 0.4) is 0 Å². The van der Waals surface area contributed by atoms with Crippen LogP contribution in [0.15, 0.2) is 11.5 Å². The van der Waals surface area contributed by atoms with Gasteiger partial charge in [-0.05, 0) is 25.7 Å². The molecule has 0 aromatic carbocycles. The van der Waals surface area contributed by atoms with Crippen molar-refractivity contribution in [1.29, 1.82) is 0 Å². The average Bonchev–Trinajstić information content (AvgIpc) is 2.44. The molecule has 1 fully saturated rings. The summed E-state index contributed by atoms with van der Waals surface area (Å²) in [6, 6.07) is 0. The fourth-order valence-corrected chi connectivity index (χ4v) is 0.774. The molecular formula is C6H11B. The molecule has 0 N–H and O–H groups in total. The minimum atomic E-state index is 0.977. The molecular weight excluding hydrogens is 82.9 g/mol. The van der Waals surface area contributed by atoms with Crippen LogP contribution in [0, 0.1) is 5.92 Å². The molecule has 0 heterocycles. The summed E-state index contributed by atoms with van der Waals surface area (Å²) in [4.78, 5) is 0. The fraction of sp³-hybridized carbons (Fsp3) is 0.667. The Morgan fingerprint density at radius 2 is 2.29 bits per heavy atom. The molecule has 0 unspecified atom stereocenters. The minimum Gasteiger partial charge on any atom is -0.111 e. The van der Waals surface area contributed by atoms with Gasteiger partial charge in [-0.25, -0.2) is 0 Å². The molecule has 1 saturated carbocycles. The molecule has 1 rings (SSSR count). The van der Waals surface area contributed by atoms with Gasteiger partial charge in [0, 0.05) is 0 Å². The van der Waals surface area contributed by atoms with E-state index in [1.807, 2.05) is 0 Å². The summed E-state index contributed by atoms with van der Waals surface area (Å²) in [6.45, 7) is 2.12. The molecule has 0 amide bonds. The van der Waals surface area contributed by atoms with Gasteiger partial charge in [0.15, 0.2) is 0 Å². The fourth-order valence-electron chi connectivity index (χ4n) is 0.774. The predicted molar refractivity (Wildman–Crippen MR) is 35.0 cm³/mol. The molecule has 1 aliphatic rings. The summed E-state index contributed by atoms with van der Waals surface area (Å²) in [5.41, 5.74) is 1.58. The van der Waals surface area contributed by atoms with Gasteiger partial charge >= 0.3 is 0 Å². The van der Waals surface area contributed by atoms with Gasteiger partial charge in [0.05, 0.1) is 0 Å². The van der Waals surface area contributed by atoms with Crippen molar-refractivity contribution in [3.63, 3.8) is 0 Å². The predicted octanol–water partition coefficient (Wildman–Crippen LogP) is 0.933. The Kier molecular flexibility index (Phi) is 1.22. The molecule has 1 aliphatic carbocycles. The van der Waals surface area contributed by atoms with Gasteiger partial charge in [-0.2, -0.15) is 0 Å². The van der Waals surface area contributed by atoms with Gasteiger partial charge in [-0.3, -0.25) is 0 Å². The van der Waals surface area contributed by atoms with Crippen LogP contribution in [-0.2, 0) is 0 Å². The Morgan fingerprint density at radius 3 is 2.43 bits per heavy atom. The van der Waals surface area contributed by atoms with Crippen LogP contribution >= 0.6 is 0 Å². The van der Waals surface area contributed by atoms with Crippen molar-refractivity contribution in [2.24, 2.45) is 5.92 Å². The number of rotatable bonds is 1. The topological polar surface area (TPSA) is 0 Å². The van der Waals surface area contributed by atoms with Crippen molar-refractivity contribution >= 4 is 7.85 Å². The zero-order chi connectivity index (χ0) is 5.28. The van der Waals surface area contributed by atoms with Crippen molar-refractivity contribution in [3.8, 4) is 0 Å². The van der Waals surface area contributed by atoms with Gasteiger partial charge < -0.3 is 0 Å². The summed E-state index contributed by atoms with van der Waals surface area (Å²) < 4.78 is 0. The third-order valence-electron chi connectivity index (χ3n) is 1.68. The first-order valence-corrected chi connectivity index (χ1v) is 2.97. The normalized spacial score (nSPS) is 22.7. The second-order valence-corrected chi connectivity index (χ2v) is 2.31. The van der Waals surface area contributed by atoms with Crippen LogP contribution in [0.4, 0.5) is 0 Å². The van der Waals surface area contributed by atoms with Crippen molar-refractivity contribution in [2.75, 3.05) is 0 Å². The Hall–Kier alpha value is -0.195. The monoisotopic (exact) mass is 94.1 g/mol. The van der Waals surface area contributed by atoms with Gasteiger partial charge in [0.1, 0.15) is 7.85 Å². The van der Waals surface area contributed by atoms with Crippen molar-refractivity contribution in [1.82, 2.24) is 0 Å². The van der Waals surface area contributed by atoms with E-state index in [9.17, 15) is 0 Å². The Labute approximate surface area is 46.0 Å². The molecule has 0 radical (unpaired) electrons. The van der Waals surface area contributed by atoms with E-state index in [1.54, 1.807) is 5.47 Å². The summed E-state index contributed by atoms with van der Waals surface area (Å²) >= 11 is 0. The maximum atomic E-state index is 2.22. The summed E-state index contributed by atoms with van der Waals surface area (Å²) in [6.07, 6.45) is 5.10. The zero-order valence-corrected chi connectivity index (χ0v) is 5.07. The average molecular weight is 94.0 g/mol. The Bertz CT molecular complexity index is 90.4. The van der Waals surface area contributed by atoms with Crippen LogP contribution in [-0.4, -0.2) is 7.85 Å². The third-order valence-corrected chi connectivity index (χ3v) is 1.68. The molecule has 0 saturated heterocycles. The first-order chi connectivity index (χ1) is 3.34. The summed E-state index contributed by atoms with van der Waals surface area (Å²) in [5, 5.41) is 0. The molecule has 1 heteroatoms. The van der Waals surface area contributed by atoms with Crippen molar-refractivity contribution < 1.29 is 0 Å². The lowest BCUT2D eigenvalue weighted by molar-refractivity contribution is 1.09. The first-order valence-electron chi connectivity index (χ1n) is 2.97. The molecule has 0 aliphatic heterocycles. The van der Waals surface area contributed by atoms with Gasteiger partial charge in [0.2, 0.25) is 0 Å². The van der Waals surface area contributed by atoms with Crippen LogP contribution < -0.4 is 0 Å². The van der Waals surface area contributed by atoms with Crippen LogP contribution in [0.1, 0.15) is 19.8 Å². The maximum Gasteiger partial charge on any atom is 0.133 e. The molecule has 0 atom stereocenters. The van der Waals surface area contributed by atoms with Crippen molar-refractivity contribution in [2.45, 2.75) is 19.8 Å². The van der Waals surface area contributed by atoms with Crippen LogP contribution in [0.2, 0.25) is 0 Å². The van der Waals surface area contributed by atoms with E-state index in [0.717, 1.165) is 5.92 Å². The SMILES string of the molecule is B/C(=C\C)C1CC1. The first kappa shape index (κ1) is 4.95. The largest absolute Gasteiger partial charge is 0.133 e. The molecule has 0 bridgehead atoms. The molecule has 7 heavy (non-hydrogen) atoms. The lowest BCUT2D eigenvalue weighted by Gasteiger charge is -1.88. The second-order valence-electron chi connectivity index (χ2n) is 2.31. The highest BCUT2D eigenvalue weighted by molar-refractivity contribution is 6.22. The quantitative estimate of drug-likeness (QED) is 0.424. The van der Waals surface area contributed by atoms with E-state index in [4.69, 9.17) is 0 Å². The Balaban J connectivity index is 2.37. The highest BCUT2D eigenvalue weighted by Gasteiger charge is 2.21. The van der Waals surface area contributed by atoms with Gasteiger partial charge in [0.25, 0.3) is 0 Å². The smallest absolute Gasteiger partial charge is 0.111 e. The molecule has 0 nitrogen and oxygen atoms in total. The Morgan fingerprint density at radius 1 is 1.71 bits per heavy atom. The van der Waals surface area contributed by atoms with E-state index < -0.39 is 0 Å². The highest BCUT2D eigenvalue weighted by Crippen LogP contribution is 2.34. The van der Waals surface area contributed by atoms with E-state index in [1.165, 1.54) is 12.8 Å². The lowest BCUT2D eigenvalue weighted by Crippen LogP contribution is -1.80. The van der Waals surface area contributed by atoms with Gasteiger partial charge in [-0.1, -0.05) is 6.08 Å².